The van der Waals surface area contributed by atoms with E-state index in [2.05, 4.69) is 0 Å². The number of hydrogen-bond donors (Lipinski definition) is 0. The van der Waals surface area contributed by atoms with Crippen LogP contribution < -0.4 is 14.4 Å². The van der Waals surface area contributed by atoms with Crippen LogP contribution in [-0.2, 0) is 0 Å². The third-order valence-corrected chi connectivity index (χ3v) is 3.47. The zero-order valence-corrected chi connectivity index (χ0v) is 14.4. The maximum atomic E-state index is 13.1. The molecule has 0 radical (unpaired) electrons. The van der Waals surface area contributed by atoms with Crippen LogP contribution >= 0.6 is 0 Å². The van der Waals surface area contributed by atoms with Gasteiger partial charge < -0.3 is 14.4 Å². The van der Waals surface area contributed by atoms with Gasteiger partial charge >= 0.3 is 0 Å². The second-order valence-corrected chi connectivity index (χ2v) is 5.56. The Morgan fingerprint density at radius 2 is 1.79 bits per heavy atom. The maximum Gasteiger partial charge on any atom is 0.258 e. The van der Waals surface area contributed by atoms with Crippen LogP contribution in [0.4, 0.5) is 10.1 Å². The van der Waals surface area contributed by atoms with Gasteiger partial charge in [-0.15, -0.1) is 0 Å². The van der Waals surface area contributed by atoms with Crippen LogP contribution in [-0.4, -0.2) is 25.7 Å². The molecule has 128 valence electrons. The van der Waals surface area contributed by atoms with Crippen molar-refractivity contribution in [3.8, 4) is 11.5 Å². The van der Waals surface area contributed by atoms with Gasteiger partial charge in [-0.2, -0.15) is 0 Å². The Kier molecular flexibility index (Phi) is 5.79. The largest absolute Gasteiger partial charge is 0.493 e. The summed E-state index contributed by atoms with van der Waals surface area (Å²) in [6, 6.07) is 10.9. The third-order valence-electron chi connectivity index (χ3n) is 3.47. The van der Waals surface area contributed by atoms with Crippen molar-refractivity contribution >= 4 is 11.6 Å². The number of amides is 1. The minimum atomic E-state index is -0.334. The fourth-order valence-electron chi connectivity index (χ4n) is 2.37. The Morgan fingerprint density at radius 3 is 2.33 bits per heavy atom. The number of hydrogen-bond acceptors (Lipinski definition) is 3. The standard InChI is InChI=1S/C19H22FNO3/c1-5-21(16-9-7-15(20)8-10-16)19(22)14-6-11-17(24-13(2)3)18(12-14)23-4/h6-13H,5H2,1-4H3. The summed E-state index contributed by atoms with van der Waals surface area (Å²) in [4.78, 5) is 14.4. The molecule has 0 fully saturated rings. The lowest BCUT2D eigenvalue weighted by Crippen LogP contribution is -2.30. The minimum Gasteiger partial charge on any atom is -0.493 e. The summed E-state index contributed by atoms with van der Waals surface area (Å²) < 4.78 is 24.1. The van der Waals surface area contributed by atoms with E-state index in [0.717, 1.165) is 0 Å². The topological polar surface area (TPSA) is 38.8 Å². The number of carbonyl (C=O) groups is 1. The zero-order chi connectivity index (χ0) is 17.7. The number of benzene rings is 2. The van der Waals surface area contributed by atoms with Crippen molar-refractivity contribution in [2.45, 2.75) is 26.9 Å². The second-order valence-electron chi connectivity index (χ2n) is 5.56. The van der Waals surface area contributed by atoms with Gasteiger partial charge in [0.25, 0.3) is 5.91 Å². The Labute approximate surface area is 141 Å². The normalized spacial score (nSPS) is 10.6. The molecular weight excluding hydrogens is 309 g/mol. The summed E-state index contributed by atoms with van der Waals surface area (Å²) in [7, 11) is 1.54. The first-order chi connectivity index (χ1) is 11.5. The molecule has 0 aliphatic rings. The van der Waals surface area contributed by atoms with Crippen molar-refractivity contribution in [1.29, 1.82) is 0 Å². The molecule has 0 N–H and O–H groups in total. The molecule has 0 heterocycles. The number of nitrogens with zero attached hydrogens (tertiary/aromatic N) is 1. The van der Waals surface area contributed by atoms with E-state index >= 15 is 0 Å². The highest BCUT2D eigenvalue weighted by Crippen LogP contribution is 2.30. The van der Waals surface area contributed by atoms with E-state index < -0.39 is 0 Å². The van der Waals surface area contributed by atoms with Crippen molar-refractivity contribution in [1.82, 2.24) is 0 Å². The number of carbonyl (C=O) groups excluding carboxylic acids is 1. The molecule has 0 atom stereocenters. The molecule has 0 saturated heterocycles. The molecule has 2 aromatic rings. The Balaban J connectivity index is 2.31. The van der Waals surface area contributed by atoms with E-state index in [4.69, 9.17) is 9.47 Å². The molecule has 24 heavy (non-hydrogen) atoms. The van der Waals surface area contributed by atoms with Crippen LogP contribution in [0.15, 0.2) is 42.5 Å². The SMILES string of the molecule is CCN(C(=O)c1ccc(OC(C)C)c(OC)c1)c1ccc(F)cc1. The number of ether oxygens (including phenoxy) is 2. The highest BCUT2D eigenvalue weighted by molar-refractivity contribution is 6.06. The average Bonchev–Trinajstić information content (AvgIpc) is 2.57. The lowest BCUT2D eigenvalue weighted by atomic mass is 10.1. The van der Waals surface area contributed by atoms with Crippen LogP contribution in [0.1, 0.15) is 31.1 Å². The molecule has 0 bridgehead atoms. The van der Waals surface area contributed by atoms with Gasteiger partial charge in [-0.25, -0.2) is 4.39 Å². The van der Waals surface area contributed by atoms with E-state index in [9.17, 15) is 9.18 Å². The lowest BCUT2D eigenvalue weighted by molar-refractivity contribution is 0.0988. The second kappa shape index (κ2) is 7.81. The molecule has 2 rings (SSSR count). The summed E-state index contributed by atoms with van der Waals surface area (Å²) in [5.74, 6) is 0.580. The Hall–Kier alpha value is -2.56. The van der Waals surface area contributed by atoms with Crippen molar-refractivity contribution in [3.63, 3.8) is 0 Å². The monoisotopic (exact) mass is 331 g/mol. The number of halogens is 1. The molecule has 0 spiro atoms. The first kappa shape index (κ1) is 17.8. The molecule has 5 heteroatoms. The Morgan fingerprint density at radius 1 is 1.12 bits per heavy atom. The molecule has 4 nitrogen and oxygen atoms in total. The summed E-state index contributed by atoms with van der Waals surface area (Å²) >= 11 is 0. The third kappa shape index (κ3) is 4.04. The van der Waals surface area contributed by atoms with Crippen LogP contribution in [0.3, 0.4) is 0 Å². The quantitative estimate of drug-likeness (QED) is 0.793. The average molecular weight is 331 g/mol. The van der Waals surface area contributed by atoms with Crippen molar-refractivity contribution in [2.24, 2.45) is 0 Å². The summed E-state index contributed by atoms with van der Waals surface area (Å²) in [5, 5.41) is 0. The van der Waals surface area contributed by atoms with Gasteiger partial charge in [-0.1, -0.05) is 0 Å². The van der Waals surface area contributed by atoms with Crippen molar-refractivity contribution in [3.05, 3.63) is 53.8 Å². The van der Waals surface area contributed by atoms with Gasteiger partial charge in [-0.05, 0) is 63.2 Å². The molecule has 0 aliphatic carbocycles. The predicted octanol–water partition coefficient (Wildman–Crippen LogP) is 4.29. The van der Waals surface area contributed by atoms with E-state index in [0.29, 0.717) is 29.3 Å². The van der Waals surface area contributed by atoms with E-state index in [-0.39, 0.29) is 17.8 Å². The van der Waals surface area contributed by atoms with Gasteiger partial charge in [0.1, 0.15) is 5.82 Å². The van der Waals surface area contributed by atoms with Crippen LogP contribution in [0.25, 0.3) is 0 Å². The van der Waals surface area contributed by atoms with Gasteiger partial charge in [0.2, 0.25) is 0 Å². The summed E-state index contributed by atoms with van der Waals surface area (Å²) in [6.07, 6.45) is 0.00630. The minimum absolute atomic E-state index is 0.00630. The first-order valence-corrected chi connectivity index (χ1v) is 7.88. The first-order valence-electron chi connectivity index (χ1n) is 7.88. The highest BCUT2D eigenvalue weighted by atomic mass is 19.1. The molecule has 0 aromatic heterocycles. The fourth-order valence-corrected chi connectivity index (χ4v) is 2.37. The lowest BCUT2D eigenvalue weighted by Gasteiger charge is -2.22. The molecule has 1 amide bonds. The smallest absolute Gasteiger partial charge is 0.258 e. The number of rotatable bonds is 6. The molecule has 2 aromatic carbocycles. The Bertz CT molecular complexity index is 698. The van der Waals surface area contributed by atoms with Gasteiger partial charge in [0, 0.05) is 17.8 Å². The maximum absolute atomic E-state index is 13.1. The van der Waals surface area contributed by atoms with Gasteiger partial charge in [0.15, 0.2) is 11.5 Å². The van der Waals surface area contributed by atoms with Gasteiger partial charge in [-0.3, -0.25) is 4.79 Å². The van der Waals surface area contributed by atoms with Crippen molar-refractivity contribution < 1.29 is 18.7 Å². The molecule has 0 saturated carbocycles. The van der Waals surface area contributed by atoms with Crippen molar-refractivity contribution in [2.75, 3.05) is 18.6 Å². The van der Waals surface area contributed by atoms with E-state index in [1.807, 2.05) is 20.8 Å². The summed E-state index contributed by atoms with van der Waals surface area (Å²) in [5.41, 5.74) is 1.12. The van der Waals surface area contributed by atoms with E-state index in [1.165, 1.54) is 19.2 Å². The van der Waals surface area contributed by atoms with Crippen LogP contribution in [0.2, 0.25) is 0 Å². The highest BCUT2D eigenvalue weighted by Gasteiger charge is 2.18. The zero-order valence-electron chi connectivity index (χ0n) is 14.4. The molecule has 0 aliphatic heterocycles. The number of anilines is 1. The summed E-state index contributed by atoms with van der Waals surface area (Å²) in [6.45, 7) is 6.18. The molecular formula is C19H22FNO3. The van der Waals surface area contributed by atoms with Gasteiger partial charge in [0.05, 0.1) is 13.2 Å². The number of methoxy groups -OCH3 is 1. The van der Waals surface area contributed by atoms with Crippen LogP contribution in [0.5, 0.6) is 11.5 Å². The molecule has 0 unspecified atom stereocenters. The van der Waals surface area contributed by atoms with E-state index in [1.54, 1.807) is 35.2 Å². The fraction of sp³-hybridized carbons (Fsp3) is 0.316. The predicted molar refractivity (Wildman–Crippen MR) is 92.5 cm³/mol. The van der Waals surface area contributed by atoms with Crippen LogP contribution in [0, 0.1) is 5.82 Å².